The Morgan fingerprint density at radius 2 is 2.00 bits per heavy atom. The van der Waals surface area contributed by atoms with E-state index in [4.69, 9.17) is 0 Å². The molecule has 0 aromatic rings. The van der Waals surface area contributed by atoms with Gasteiger partial charge in [-0.3, -0.25) is 0 Å². The van der Waals surface area contributed by atoms with Crippen LogP contribution in [0.4, 0.5) is 0 Å². The first-order chi connectivity index (χ1) is 6.97. The van der Waals surface area contributed by atoms with Gasteiger partial charge in [0.2, 0.25) is 0 Å². The van der Waals surface area contributed by atoms with Gasteiger partial charge in [0.15, 0.2) is 0 Å². The third kappa shape index (κ3) is 3.41. The Morgan fingerprint density at radius 3 is 2.53 bits per heavy atom. The first kappa shape index (κ1) is 12.9. The number of hydrogen-bond donors (Lipinski definition) is 2. The summed E-state index contributed by atoms with van der Waals surface area (Å²) >= 11 is 0. The van der Waals surface area contributed by atoms with Gasteiger partial charge in [-0.2, -0.15) is 17.4 Å². The monoisotopic (exact) mass is 236 g/mol. The van der Waals surface area contributed by atoms with Crippen LogP contribution in [0.25, 0.3) is 0 Å². The van der Waals surface area contributed by atoms with Gasteiger partial charge in [-0.05, 0) is 12.8 Å². The molecule has 0 aromatic carbocycles. The van der Waals surface area contributed by atoms with E-state index in [9.17, 15) is 13.5 Å². The fraction of sp³-hybridized carbons (Fsp3) is 1.00. The summed E-state index contributed by atoms with van der Waals surface area (Å²) in [6, 6.07) is -0.322. The Morgan fingerprint density at radius 1 is 1.40 bits per heavy atom. The second kappa shape index (κ2) is 5.25. The zero-order valence-corrected chi connectivity index (χ0v) is 10.1. The van der Waals surface area contributed by atoms with E-state index in [-0.39, 0.29) is 6.04 Å². The molecule has 1 rings (SSSR count). The minimum atomic E-state index is -3.42. The summed E-state index contributed by atoms with van der Waals surface area (Å²) in [6.07, 6.45) is 2.81. The Labute approximate surface area is 91.7 Å². The minimum absolute atomic E-state index is 0.322. The molecule has 2 N–H and O–H groups in total. The molecular formula is C9H20N2O3S. The van der Waals surface area contributed by atoms with E-state index < -0.39 is 16.3 Å². The quantitative estimate of drug-likeness (QED) is 0.726. The number of aliphatic hydroxyl groups is 1. The van der Waals surface area contributed by atoms with Gasteiger partial charge >= 0.3 is 0 Å². The van der Waals surface area contributed by atoms with Crippen LogP contribution in [0.3, 0.4) is 0 Å². The largest absolute Gasteiger partial charge is 0.391 e. The van der Waals surface area contributed by atoms with Crippen molar-refractivity contribution in [1.29, 1.82) is 0 Å². The lowest BCUT2D eigenvalue weighted by molar-refractivity contribution is 0.100. The molecule has 90 valence electrons. The highest BCUT2D eigenvalue weighted by atomic mass is 32.2. The molecule has 1 aliphatic rings. The highest BCUT2D eigenvalue weighted by Gasteiger charge is 2.28. The van der Waals surface area contributed by atoms with Crippen LogP contribution in [0.1, 0.15) is 32.6 Å². The molecular weight excluding hydrogens is 216 g/mol. The van der Waals surface area contributed by atoms with Crippen LogP contribution in [0.2, 0.25) is 0 Å². The molecule has 0 saturated heterocycles. The van der Waals surface area contributed by atoms with Crippen molar-refractivity contribution in [3.8, 4) is 0 Å². The topological polar surface area (TPSA) is 69.6 Å². The zero-order chi connectivity index (χ0) is 11.5. The van der Waals surface area contributed by atoms with E-state index in [1.54, 1.807) is 6.92 Å². The van der Waals surface area contributed by atoms with Gasteiger partial charge in [0, 0.05) is 19.6 Å². The standard InChI is InChI=1S/C9H20N2O3S/c1-3-11(2)15(13,14)10-8-6-4-5-7-9(8)12/h8-10,12H,3-7H2,1-2H3/t8-,9+/m0/s1. The highest BCUT2D eigenvalue weighted by molar-refractivity contribution is 7.87. The van der Waals surface area contributed by atoms with Crippen molar-refractivity contribution in [2.75, 3.05) is 13.6 Å². The maximum absolute atomic E-state index is 11.7. The van der Waals surface area contributed by atoms with Gasteiger partial charge in [-0.15, -0.1) is 0 Å². The van der Waals surface area contributed by atoms with Gasteiger partial charge in [-0.25, -0.2) is 0 Å². The number of rotatable bonds is 4. The molecule has 0 amide bonds. The van der Waals surface area contributed by atoms with Crippen molar-refractivity contribution < 1.29 is 13.5 Å². The summed E-state index contributed by atoms with van der Waals surface area (Å²) in [5, 5.41) is 9.64. The van der Waals surface area contributed by atoms with E-state index in [0.717, 1.165) is 19.3 Å². The Hall–Kier alpha value is -0.170. The lowest BCUT2D eigenvalue weighted by Gasteiger charge is -2.29. The summed E-state index contributed by atoms with van der Waals surface area (Å²) < 4.78 is 27.1. The molecule has 0 heterocycles. The molecule has 2 atom stereocenters. The van der Waals surface area contributed by atoms with Crippen LogP contribution in [-0.4, -0.2) is 43.6 Å². The van der Waals surface area contributed by atoms with Crippen LogP contribution >= 0.6 is 0 Å². The fourth-order valence-corrected chi connectivity index (χ4v) is 2.88. The average molecular weight is 236 g/mol. The highest BCUT2D eigenvalue weighted by Crippen LogP contribution is 2.19. The summed E-state index contributed by atoms with van der Waals surface area (Å²) in [7, 11) is -1.89. The third-order valence-electron chi connectivity index (χ3n) is 2.89. The van der Waals surface area contributed by atoms with Gasteiger partial charge in [0.05, 0.1) is 6.10 Å². The molecule has 1 saturated carbocycles. The van der Waals surface area contributed by atoms with Gasteiger partial charge < -0.3 is 5.11 Å². The van der Waals surface area contributed by atoms with Crippen molar-refractivity contribution in [2.45, 2.75) is 44.8 Å². The molecule has 0 unspecified atom stereocenters. The second-order valence-electron chi connectivity index (χ2n) is 4.00. The van der Waals surface area contributed by atoms with E-state index in [0.29, 0.717) is 13.0 Å². The van der Waals surface area contributed by atoms with Crippen molar-refractivity contribution in [1.82, 2.24) is 9.03 Å². The molecule has 0 radical (unpaired) electrons. The zero-order valence-electron chi connectivity index (χ0n) is 9.31. The third-order valence-corrected chi connectivity index (χ3v) is 4.56. The maximum atomic E-state index is 11.7. The molecule has 1 aliphatic carbocycles. The Balaban J connectivity index is 2.59. The number of aliphatic hydroxyl groups excluding tert-OH is 1. The van der Waals surface area contributed by atoms with Crippen molar-refractivity contribution in [2.24, 2.45) is 0 Å². The number of nitrogens with one attached hydrogen (secondary N) is 1. The van der Waals surface area contributed by atoms with E-state index >= 15 is 0 Å². The first-order valence-electron chi connectivity index (χ1n) is 5.39. The normalized spacial score (nSPS) is 28.3. The Bertz CT molecular complexity index is 292. The number of hydrogen-bond acceptors (Lipinski definition) is 3. The van der Waals surface area contributed by atoms with Crippen LogP contribution < -0.4 is 4.72 Å². The molecule has 5 nitrogen and oxygen atoms in total. The van der Waals surface area contributed by atoms with Crippen molar-refractivity contribution in [3.63, 3.8) is 0 Å². The van der Waals surface area contributed by atoms with Crippen LogP contribution in [0.5, 0.6) is 0 Å². The molecule has 0 spiro atoms. The first-order valence-corrected chi connectivity index (χ1v) is 6.83. The van der Waals surface area contributed by atoms with Gasteiger partial charge in [0.1, 0.15) is 0 Å². The maximum Gasteiger partial charge on any atom is 0.279 e. The van der Waals surface area contributed by atoms with Crippen LogP contribution in [0.15, 0.2) is 0 Å². The molecule has 0 bridgehead atoms. The minimum Gasteiger partial charge on any atom is -0.391 e. The summed E-state index contributed by atoms with van der Waals surface area (Å²) in [6.45, 7) is 2.20. The summed E-state index contributed by atoms with van der Waals surface area (Å²) in [5.41, 5.74) is 0. The van der Waals surface area contributed by atoms with E-state index in [2.05, 4.69) is 4.72 Å². The molecule has 1 fully saturated rings. The van der Waals surface area contributed by atoms with Crippen LogP contribution in [-0.2, 0) is 10.2 Å². The molecule has 0 aromatic heterocycles. The van der Waals surface area contributed by atoms with Gasteiger partial charge in [0.25, 0.3) is 10.2 Å². The molecule has 15 heavy (non-hydrogen) atoms. The second-order valence-corrected chi connectivity index (χ2v) is 5.80. The Kier molecular flexibility index (Phi) is 4.51. The molecule has 0 aliphatic heterocycles. The average Bonchev–Trinajstić information content (AvgIpc) is 2.20. The van der Waals surface area contributed by atoms with E-state index in [1.165, 1.54) is 11.4 Å². The fourth-order valence-electron chi connectivity index (χ4n) is 1.70. The molecule has 6 heteroatoms. The summed E-state index contributed by atoms with van der Waals surface area (Å²) in [4.78, 5) is 0. The van der Waals surface area contributed by atoms with Crippen molar-refractivity contribution >= 4 is 10.2 Å². The van der Waals surface area contributed by atoms with Gasteiger partial charge in [-0.1, -0.05) is 19.8 Å². The van der Waals surface area contributed by atoms with Crippen LogP contribution in [0, 0.1) is 0 Å². The predicted octanol–water partition coefficient (Wildman–Crippen LogP) is 0.0760. The lowest BCUT2D eigenvalue weighted by Crippen LogP contribution is -2.49. The van der Waals surface area contributed by atoms with E-state index in [1.807, 2.05) is 0 Å². The smallest absolute Gasteiger partial charge is 0.279 e. The van der Waals surface area contributed by atoms with Crippen molar-refractivity contribution in [3.05, 3.63) is 0 Å². The lowest BCUT2D eigenvalue weighted by atomic mass is 9.93. The SMILES string of the molecule is CCN(C)S(=O)(=O)N[C@H]1CCCC[C@H]1O. The number of nitrogens with zero attached hydrogens (tertiary/aromatic N) is 1. The predicted molar refractivity (Wildman–Crippen MR) is 58.6 cm³/mol. The summed E-state index contributed by atoms with van der Waals surface area (Å²) in [5.74, 6) is 0.